The van der Waals surface area contributed by atoms with Crippen LogP contribution in [-0.4, -0.2) is 15.9 Å². The standard InChI is InChI=1S/C10H22INO/c1-8(2)7-10(5,9(3)4)13-12(6)11/h8-9H,7H2,1-6H3. The van der Waals surface area contributed by atoms with E-state index in [2.05, 4.69) is 57.5 Å². The van der Waals surface area contributed by atoms with Crippen molar-refractivity contribution < 1.29 is 4.84 Å². The minimum atomic E-state index is -0.0376. The Labute approximate surface area is 96.5 Å². The van der Waals surface area contributed by atoms with E-state index >= 15 is 0 Å². The maximum absolute atomic E-state index is 5.83. The molecule has 3 heteroatoms. The highest BCUT2D eigenvalue weighted by Gasteiger charge is 2.31. The lowest BCUT2D eigenvalue weighted by Crippen LogP contribution is -2.39. The Morgan fingerprint density at radius 2 is 1.77 bits per heavy atom. The van der Waals surface area contributed by atoms with Gasteiger partial charge in [0.2, 0.25) is 0 Å². The highest BCUT2D eigenvalue weighted by Crippen LogP contribution is 2.30. The first-order valence-corrected chi connectivity index (χ1v) is 5.83. The van der Waals surface area contributed by atoms with Crippen molar-refractivity contribution >= 4 is 22.9 Å². The molecule has 13 heavy (non-hydrogen) atoms. The first kappa shape index (κ1) is 13.7. The zero-order valence-corrected chi connectivity index (χ0v) is 11.8. The van der Waals surface area contributed by atoms with Crippen molar-refractivity contribution in [2.24, 2.45) is 11.8 Å². The lowest BCUT2D eigenvalue weighted by atomic mass is 9.84. The molecule has 0 saturated heterocycles. The van der Waals surface area contributed by atoms with E-state index in [0.717, 1.165) is 6.42 Å². The Kier molecular flexibility index (Phi) is 5.79. The molecular formula is C10H22INO. The summed E-state index contributed by atoms with van der Waals surface area (Å²) in [5, 5.41) is 0. The monoisotopic (exact) mass is 299 g/mol. The van der Waals surface area contributed by atoms with Gasteiger partial charge in [-0.2, -0.15) is 0 Å². The molecule has 0 aliphatic heterocycles. The van der Waals surface area contributed by atoms with Gasteiger partial charge in [-0.1, -0.05) is 27.7 Å². The predicted molar refractivity (Wildman–Crippen MR) is 65.6 cm³/mol. The van der Waals surface area contributed by atoms with Crippen LogP contribution in [0.1, 0.15) is 41.0 Å². The van der Waals surface area contributed by atoms with E-state index in [9.17, 15) is 0 Å². The van der Waals surface area contributed by atoms with E-state index in [1.807, 2.05) is 7.05 Å². The summed E-state index contributed by atoms with van der Waals surface area (Å²) in [4.78, 5) is 5.83. The van der Waals surface area contributed by atoms with Gasteiger partial charge in [0, 0.05) is 29.9 Å². The number of halogens is 1. The Bertz CT molecular complexity index is 136. The van der Waals surface area contributed by atoms with Gasteiger partial charge >= 0.3 is 0 Å². The SMILES string of the molecule is CC(C)CC(C)(ON(C)I)C(C)C. The second kappa shape index (κ2) is 5.51. The van der Waals surface area contributed by atoms with Crippen molar-refractivity contribution in [2.45, 2.75) is 46.6 Å². The summed E-state index contributed by atoms with van der Waals surface area (Å²) in [6.45, 7) is 11.1. The van der Waals surface area contributed by atoms with E-state index in [4.69, 9.17) is 4.84 Å². The molecule has 0 fully saturated rings. The van der Waals surface area contributed by atoms with Gasteiger partial charge in [0.05, 0.1) is 5.60 Å². The highest BCUT2D eigenvalue weighted by atomic mass is 127. The number of nitrogens with zero attached hydrogens (tertiary/aromatic N) is 1. The first-order valence-electron chi connectivity index (χ1n) is 4.86. The van der Waals surface area contributed by atoms with Crippen molar-refractivity contribution in [2.75, 3.05) is 7.05 Å². The molecular weight excluding hydrogens is 277 g/mol. The Hall–Kier alpha value is 0.650. The van der Waals surface area contributed by atoms with Crippen LogP contribution in [0.25, 0.3) is 0 Å². The van der Waals surface area contributed by atoms with Crippen LogP contribution in [-0.2, 0) is 4.84 Å². The molecule has 0 aliphatic rings. The van der Waals surface area contributed by atoms with Gasteiger partial charge in [0.1, 0.15) is 0 Å². The Morgan fingerprint density at radius 3 is 2.00 bits per heavy atom. The van der Waals surface area contributed by atoms with Crippen molar-refractivity contribution in [1.29, 1.82) is 0 Å². The lowest BCUT2D eigenvalue weighted by molar-refractivity contribution is -0.182. The van der Waals surface area contributed by atoms with Crippen molar-refractivity contribution in [3.63, 3.8) is 0 Å². The van der Waals surface area contributed by atoms with Crippen LogP contribution in [0, 0.1) is 11.8 Å². The first-order chi connectivity index (χ1) is 5.78. The van der Waals surface area contributed by atoms with Gasteiger partial charge in [-0.15, -0.1) is 3.28 Å². The number of rotatable bonds is 5. The van der Waals surface area contributed by atoms with E-state index in [-0.39, 0.29) is 5.60 Å². The van der Waals surface area contributed by atoms with E-state index in [1.54, 1.807) is 3.28 Å². The third-order valence-corrected chi connectivity index (χ3v) is 2.57. The fourth-order valence-corrected chi connectivity index (χ4v) is 1.93. The smallest absolute Gasteiger partial charge is 0.0906 e. The minimum Gasteiger partial charge on any atom is -0.283 e. The molecule has 0 heterocycles. The molecule has 0 amide bonds. The topological polar surface area (TPSA) is 12.5 Å². The van der Waals surface area contributed by atoms with Gasteiger partial charge < -0.3 is 0 Å². The average molecular weight is 299 g/mol. The van der Waals surface area contributed by atoms with Crippen LogP contribution >= 0.6 is 22.9 Å². The van der Waals surface area contributed by atoms with Crippen molar-refractivity contribution in [3.8, 4) is 0 Å². The maximum Gasteiger partial charge on any atom is 0.0906 e. The Morgan fingerprint density at radius 1 is 1.31 bits per heavy atom. The average Bonchev–Trinajstić information content (AvgIpc) is 1.82. The molecule has 0 aromatic carbocycles. The third-order valence-electron chi connectivity index (χ3n) is 2.37. The van der Waals surface area contributed by atoms with E-state index in [0.29, 0.717) is 11.8 Å². The summed E-state index contributed by atoms with van der Waals surface area (Å²) in [6, 6.07) is 0. The maximum atomic E-state index is 5.83. The van der Waals surface area contributed by atoms with Crippen LogP contribution in [0.2, 0.25) is 0 Å². The molecule has 0 bridgehead atoms. The summed E-state index contributed by atoms with van der Waals surface area (Å²) < 4.78 is 1.78. The molecule has 2 nitrogen and oxygen atoms in total. The minimum absolute atomic E-state index is 0.0376. The summed E-state index contributed by atoms with van der Waals surface area (Å²) in [5.74, 6) is 1.20. The summed E-state index contributed by atoms with van der Waals surface area (Å²) in [6.07, 6.45) is 1.10. The molecule has 80 valence electrons. The largest absolute Gasteiger partial charge is 0.283 e. The highest BCUT2D eigenvalue weighted by molar-refractivity contribution is 14.1. The molecule has 0 radical (unpaired) electrons. The number of hydrogen-bond donors (Lipinski definition) is 0. The van der Waals surface area contributed by atoms with E-state index < -0.39 is 0 Å². The summed E-state index contributed by atoms with van der Waals surface area (Å²) in [7, 11) is 1.93. The lowest BCUT2D eigenvalue weighted by Gasteiger charge is -2.36. The number of hydroxylamine groups is 1. The molecule has 0 aromatic heterocycles. The van der Waals surface area contributed by atoms with E-state index in [1.165, 1.54) is 0 Å². The van der Waals surface area contributed by atoms with Crippen LogP contribution in [0.4, 0.5) is 0 Å². The quantitative estimate of drug-likeness (QED) is 0.436. The molecule has 1 unspecified atom stereocenters. The van der Waals surface area contributed by atoms with Crippen molar-refractivity contribution in [3.05, 3.63) is 0 Å². The molecule has 1 atom stereocenters. The van der Waals surface area contributed by atoms with Gasteiger partial charge in [0.15, 0.2) is 0 Å². The third kappa shape index (κ3) is 5.18. The normalized spacial score (nSPS) is 17.1. The zero-order chi connectivity index (χ0) is 10.6. The molecule has 0 rings (SSSR count). The summed E-state index contributed by atoms with van der Waals surface area (Å²) >= 11 is 2.16. The fourth-order valence-electron chi connectivity index (χ4n) is 1.48. The molecule has 0 aromatic rings. The molecule has 0 aliphatic carbocycles. The second-order valence-electron chi connectivity index (χ2n) is 4.58. The fraction of sp³-hybridized carbons (Fsp3) is 1.00. The van der Waals surface area contributed by atoms with Gasteiger partial charge in [0.25, 0.3) is 0 Å². The van der Waals surface area contributed by atoms with Crippen LogP contribution < -0.4 is 0 Å². The van der Waals surface area contributed by atoms with Crippen molar-refractivity contribution in [1.82, 2.24) is 3.28 Å². The molecule has 0 N–H and O–H groups in total. The second-order valence-corrected chi connectivity index (χ2v) is 5.94. The van der Waals surface area contributed by atoms with Crippen LogP contribution in [0.15, 0.2) is 0 Å². The zero-order valence-electron chi connectivity index (χ0n) is 9.60. The Balaban J connectivity index is 4.34. The molecule has 0 spiro atoms. The van der Waals surface area contributed by atoms with Gasteiger partial charge in [-0.05, 0) is 25.2 Å². The summed E-state index contributed by atoms with van der Waals surface area (Å²) in [5.41, 5.74) is -0.0376. The molecule has 0 saturated carbocycles. The predicted octanol–water partition coefficient (Wildman–Crippen LogP) is 3.66. The van der Waals surface area contributed by atoms with Gasteiger partial charge in [-0.3, -0.25) is 4.84 Å². The van der Waals surface area contributed by atoms with Crippen LogP contribution in [0.3, 0.4) is 0 Å². The van der Waals surface area contributed by atoms with Gasteiger partial charge in [-0.25, -0.2) is 0 Å². The van der Waals surface area contributed by atoms with Crippen LogP contribution in [0.5, 0.6) is 0 Å². The number of hydrogen-bond acceptors (Lipinski definition) is 2.